The van der Waals surface area contributed by atoms with Crippen LogP contribution in [-0.4, -0.2) is 22.9 Å². The molecule has 0 aliphatic heterocycles. The Hall–Kier alpha value is -1.59. The second kappa shape index (κ2) is 5.84. The quantitative estimate of drug-likeness (QED) is 0.493. The summed E-state index contributed by atoms with van der Waals surface area (Å²) in [5.41, 5.74) is 8.82. The van der Waals surface area contributed by atoms with Crippen LogP contribution in [0.25, 0.3) is 20.5 Å². The summed E-state index contributed by atoms with van der Waals surface area (Å²) >= 11 is 1.59. The Morgan fingerprint density at radius 3 is 2.94 bits per heavy atom. The minimum atomic E-state index is -0.953. The van der Waals surface area contributed by atoms with Crippen LogP contribution in [0.4, 0.5) is 0 Å². The molecule has 0 aliphatic carbocycles. The second-order valence-corrected chi connectivity index (χ2v) is 4.92. The predicted octanol–water partition coefficient (Wildman–Crippen LogP) is 3.00. The molecule has 0 saturated heterocycles. The van der Waals surface area contributed by atoms with Gasteiger partial charge < -0.3 is 10.2 Å². The van der Waals surface area contributed by atoms with E-state index in [9.17, 15) is 10.2 Å². The van der Waals surface area contributed by atoms with E-state index >= 15 is 0 Å². The summed E-state index contributed by atoms with van der Waals surface area (Å²) < 4.78 is 1.08. The van der Waals surface area contributed by atoms with Gasteiger partial charge in [0.2, 0.25) is 0 Å². The molecule has 2 aromatic rings. The summed E-state index contributed by atoms with van der Waals surface area (Å²) in [4.78, 5) is 2.61. The average Bonchev–Trinajstić information content (AvgIpc) is 2.85. The first-order valence-electron chi connectivity index (χ1n) is 5.56. The molecule has 0 radical (unpaired) electrons. The first-order valence-corrected chi connectivity index (χ1v) is 6.44. The van der Waals surface area contributed by atoms with Gasteiger partial charge in [0, 0.05) is 16.2 Å². The number of hydrogen-bond acceptors (Lipinski definition) is 4. The lowest BCUT2D eigenvalue weighted by Crippen LogP contribution is -2.19. The number of azide groups is 1. The lowest BCUT2D eigenvalue weighted by atomic mass is 10.0. The fourth-order valence-electron chi connectivity index (χ4n) is 1.77. The molecule has 0 saturated carbocycles. The highest BCUT2D eigenvalue weighted by atomic mass is 32.1. The smallest absolute Gasteiger partial charge is 0.105 e. The van der Waals surface area contributed by atoms with E-state index in [0.717, 1.165) is 10.1 Å². The third kappa shape index (κ3) is 2.80. The molecule has 6 heteroatoms. The van der Waals surface area contributed by atoms with Crippen LogP contribution in [0, 0.1) is 0 Å². The SMILES string of the molecule is [N-]=[N+]=NCCC(O)C(O)c1ccc2ccsc2c1. The number of benzene rings is 1. The van der Waals surface area contributed by atoms with Gasteiger partial charge in [-0.05, 0) is 40.4 Å². The van der Waals surface area contributed by atoms with Crippen molar-refractivity contribution in [3.05, 3.63) is 45.7 Å². The zero-order chi connectivity index (χ0) is 13.0. The molecule has 2 unspecified atom stereocenters. The number of rotatable bonds is 5. The topological polar surface area (TPSA) is 89.2 Å². The van der Waals surface area contributed by atoms with Gasteiger partial charge in [-0.3, -0.25) is 0 Å². The van der Waals surface area contributed by atoms with E-state index < -0.39 is 12.2 Å². The lowest BCUT2D eigenvalue weighted by Gasteiger charge is -2.17. The van der Waals surface area contributed by atoms with Crippen molar-refractivity contribution in [2.24, 2.45) is 5.11 Å². The van der Waals surface area contributed by atoms with Crippen molar-refractivity contribution in [3.63, 3.8) is 0 Å². The van der Waals surface area contributed by atoms with Crippen LogP contribution in [0.3, 0.4) is 0 Å². The molecule has 1 aromatic heterocycles. The summed E-state index contributed by atoms with van der Waals surface area (Å²) in [5, 5.41) is 26.2. The number of aliphatic hydroxyl groups is 2. The Kier molecular flexibility index (Phi) is 4.17. The van der Waals surface area contributed by atoms with E-state index in [4.69, 9.17) is 5.53 Å². The summed E-state index contributed by atoms with van der Waals surface area (Å²) in [5.74, 6) is 0. The normalized spacial score (nSPS) is 14.1. The maximum absolute atomic E-state index is 10.0. The molecule has 18 heavy (non-hydrogen) atoms. The second-order valence-electron chi connectivity index (χ2n) is 3.97. The molecule has 0 fully saturated rings. The molecule has 2 rings (SSSR count). The number of aliphatic hydroxyl groups excluding tert-OH is 2. The highest BCUT2D eigenvalue weighted by Crippen LogP contribution is 2.26. The molecule has 2 atom stereocenters. The van der Waals surface area contributed by atoms with Gasteiger partial charge in [-0.1, -0.05) is 17.2 Å². The summed E-state index contributed by atoms with van der Waals surface area (Å²) in [7, 11) is 0. The number of thiophene rings is 1. The first-order chi connectivity index (χ1) is 8.72. The Morgan fingerprint density at radius 1 is 1.33 bits per heavy atom. The van der Waals surface area contributed by atoms with Crippen molar-refractivity contribution < 1.29 is 10.2 Å². The Bertz CT molecular complexity index is 577. The van der Waals surface area contributed by atoms with Crippen LogP contribution >= 0.6 is 11.3 Å². The fraction of sp³-hybridized carbons (Fsp3) is 0.333. The minimum absolute atomic E-state index is 0.177. The zero-order valence-electron chi connectivity index (χ0n) is 9.60. The predicted molar refractivity (Wildman–Crippen MR) is 71.4 cm³/mol. The van der Waals surface area contributed by atoms with Crippen molar-refractivity contribution in [1.82, 2.24) is 0 Å². The third-order valence-electron chi connectivity index (χ3n) is 2.77. The third-order valence-corrected chi connectivity index (χ3v) is 3.65. The largest absolute Gasteiger partial charge is 0.390 e. The van der Waals surface area contributed by atoms with E-state index in [0.29, 0.717) is 5.56 Å². The van der Waals surface area contributed by atoms with Crippen LogP contribution < -0.4 is 0 Å². The molecule has 1 aromatic carbocycles. The molecule has 1 heterocycles. The first kappa shape index (κ1) is 12.9. The van der Waals surface area contributed by atoms with Crippen molar-refractivity contribution in [3.8, 4) is 0 Å². The molecular formula is C12H13N3O2S. The standard InChI is InChI=1S/C12H13N3O2S/c13-15-14-5-3-10(16)12(17)9-2-1-8-4-6-18-11(8)7-9/h1-2,4,6-7,10,12,16-17H,3,5H2. The molecule has 5 nitrogen and oxygen atoms in total. The van der Waals surface area contributed by atoms with Crippen LogP contribution in [0.5, 0.6) is 0 Å². The van der Waals surface area contributed by atoms with Gasteiger partial charge in [0.05, 0.1) is 6.10 Å². The Balaban J connectivity index is 2.11. The molecule has 0 aliphatic rings. The van der Waals surface area contributed by atoms with Gasteiger partial charge in [0.15, 0.2) is 0 Å². The molecule has 94 valence electrons. The van der Waals surface area contributed by atoms with Crippen LogP contribution in [0.2, 0.25) is 0 Å². The van der Waals surface area contributed by atoms with Crippen molar-refractivity contribution >= 4 is 21.4 Å². The van der Waals surface area contributed by atoms with E-state index in [-0.39, 0.29) is 13.0 Å². The molecule has 2 N–H and O–H groups in total. The van der Waals surface area contributed by atoms with Gasteiger partial charge in [-0.25, -0.2) is 0 Å². The number of nitrogens with zero attached hydrogens (tertiary/aromatic N) is 3. The average molecular weight is 263 g/mol. The monoisotopic (exact) mass is 263 g/mol. The Labute approximate surface area is 108 Å². The summed E-state index contributed by atoms with van der Waals surface area (Å²) in [6, 6.07) is 7.61. The fourth-order valence-corrected chi connectivity index (χ4v) is 2.61. The van der Waals surface area contributed by atoms with Gasteiger partial charge in [0.25, 0.3) is 0 Å². The van der Waals surface area contributed by atoms with E-state index in [2.05, 4.69) is 10.0 Å². The highest BCUT2D eigenvalue weighted by molar-refractivity contribution is 7.17. The van der Waals surface area contributed by atoms with Crippen LogP contribution in [0.1, 0.15) is 18.1 Å². The molecular weight excluding hydrogens is 250 g/mol. The van der Waals surface area contributed by atoms with Crippen LogP contribution in [-0.2, 0) is 0 Å². The molecule has 0 amide bonds. The van der Waals surface area contributed by atoms with Gasteiger partial charge in [-0.2, -0.15) is 0 Å². The van der Waals surface area contributed by atoms with Crippen molar-refractivity contribution in [1.29, 1.82) is 0 Å². The van der Waals surface area contributed by atoms with Crippen molar-refractivity contribution in [2.45, 2.75) is 18.6 Å². The maximum Gasteiger partial charge on any atom is 0.105 e. The molecule has 0 bridgehead atoms. The maximum atomic E-state index is 10.0. The highest BCUT2D eigenvalue weighted by Gasteiger charge is 2.18. The summed E-state index contributed by atoms with van der Waals surface area (Å²) in [6.45, 7) is 0.177. The Morgan fingerprint density at radius 2 is 2.17 bits per heavy atom. The van der Waals surface area contributed by atoms with E-state index in [1.54, 1.807) is 17.4 Å². The molecule has 0 spiro atoms. The van der Waals surface area contributed by atoms with Gasteiger partial charge >= 0.3 is 0 Å². The summed E-state index contributed by atoms with van der Waals surface area (Å²) in [6.07, 6.45) is -1.63. The van der Waals surface area contributed by atoms with Gasteiger partial charge in [-0.15, -0.1) is 11.3 Å². The van der Waals surface area contributed by atoms with E-state index in [1.165, 1.54) is 0 Å². The van der Waals surface area contributed by atoms with Gasteiger partial charge in [0.1, 0.15) is 6.10 Å². The van der Waals surface area contributed by atoms with Crippen molar-refractivity contribution in [2.75, 3.05) is 6.54 Å². The van der Waals surface area contributed by atoms with E-state index in [1.807, 2.05) is 23.6 Å². The zero-order valence-corrected chi connectivity index (χ0v) is 10.4. The van der Waals surface area contributed by atoms with Crippen LogP contribution in [0.15, 0.2) is 34.8 Å². The minimum Gasteiger partial charge on any atom is -0.390 e. The lowest BCUT2D eigenvalue weighted by molar-refractivity contribution is 0.0151. The number of hydrogen-bond donors (Lipinski definition) is 2. The number of fused-ring (bicyclic) bond motifs is 1.